The number of carbonyl (C=O) groups excluding carboxylic acids is 1. The van der Waals surface area contributed by atoms with Crippen molar-refractivity contribution in [3.8, 4) is 5.75 Å². The summed E-state index contributed by atoms with van der Waals surface area (Å²) in [5.41, 5.74) is -0.375. The van der Waals surface area contributed by atoms with Gasteiger partial charge in [-0.05, 0) is 58.8 Å². The molecule has 0 saturated carbocycles. The SMILES string of the molecule is CC(C)(C)OC(=O)N(c1ccccc1OC(F)F)C1CCNCC1. The molecule has 1 saturated heterocycles. The smallest absolute Gasteiger partial charge is 0.415 e. The molecule has 0 atom stereocenters. The van der Waals surface area contributed by atoms with Gasteiger partial charge < -0.3 is 14.8 Å². The van der Waals surface area contributed by atoms with E-state index in [2.05, 4.69) is 10.1 Å². The molecule has 1 N–H and O–H groups in total. The summed E-state index contributed by atoms with van der Waals surface area (Å²) >= 11 is 0. The first kappa shape index (κ1) is 18.4. The molecule has 7 heteroatoms. The zero-order valence-electron chi connectivity index (χ0n) is 14.2. The number of hydrogen-bond donors (Lipinski definition) is 1. The van der Waals surface area contributed by atoms with Crippen molar-refractivity contribution in [3.05, 3.63) is 24.3 Å². The molecule has 0 aromatic heterocycles. The van der Waals surface area contributed by atoms with Crippen LogP contribution >= 0.6 is 0 Å². The van der Waals surface area contributed by atoms with Gasteiger partial charge in [-0.15, -0.1) is 0 Å². The molecular formula is C17H24F2N2O3. The van der Waals surface area contributed by atoms with E-state index in [9.17, 15) is 13.6 Å². The fraction of sp³-hybridized carbons (Fsp3) is 0.588. The molecule has 0 aliphatic carbocycles. The quantitative estimate of drug-likeness (QED) is 0.905. The number of rotatable bonds is 4. The second-order valence-electron chi connectivity index (χ2n) is 6.68. The largest absolute Gasteiger partial charge is 0.443 e. The number of nitrogens with one attached hydrogen (secondary N) is 1. The van der Waals surface area contributed by atoms with Crippen LogP contribution in [0.1, 0.15) is 33.6 Å². The third-order valence-corrected chi connectivity index (χ3v) is 3.60. The Morgan fingerprint density at radius 2 is 1.88 bits per heavy atom. The van der Waals surface area contributed by atoms with E-state index in [-0.39, 0.29) is 11.8 Å². The number of anilines is 1. The summed E-state index contributed by atoms with van der Waals surface area (Å²) in [5.74, 6) is -0.0307. The van der Waals surface area contributed by atoms with Gasteiger partial charge in [0.1, 0.15) is 11.4 Å². The molecule has 0 radical (unpaired) electrons. The summed E-state index contributed by atoms with van der Waals surface area (Å²) in [7, 11) is 0. The molecule has 1 aliphatic rings. The number of para-hydroxylation sites is 2. The third-order valence-electron chi connectivity index (χ3n) is 3.60. The minimum absolute atomic E-state index is 0.0307. The predicted molar refractivity (Wildman–Crippen MR) is 87.7 cm³/mol. The van der Waals surface area contributed by atoms with Crippen LogP contribution in [-0.2, 0) is 4.74 Å². The number of amides is 1. The van der Waals surface area contributed by atoms with E-state index in [1.165, 1.54) is 11.0 Å². The van der Waals surface area contributed by atoms with Gasteiger partial charge in [-0.25, -0.2) is 4.79 Å². The second-order valence-corrected chi connectivity index (χ2v) is 6.68. The molecule has 1 amide bonds. The lowest BCUT2D eigenvalue weighted by Gasteiger charge is -2.36. The van der Waals surface area contributed by atoms with Gasteiger partial charge in [-0.3, -0.25) is 4.90 Å². The van der Waals surface area contributed by atoms with Crippen LogP contribution in [0.4, 0.5) is 19.3 Å². The summed E-state index contributed by atoms with van der Waals surface area (Å²) in [5, 5.41) is 3.23. The number of benzene rings is 1. The van der Waals surface area contributed by atoms with Crippen molar-refractivity contribution in [1.82, 2.24) is 5.32 Å². The molecule has 1 fully saturated rings. The van der Waals surface area contributed by atoms with E-state index >= 15 is 0 Å². The molecule has 1 heterocycles. The van der Waals surface area contributed by atoms with Gasteiger partial charge >= 0.3 is 12.7 Å². The second kappa shape index (κ2) is 7.79. The van der Waals surface area contributed by atoms with E-state index in [0.717, 1.165) is 13.1 Å². The van der Waals surface area contributed by atoms with E-state index in [1.54, 1.807) is 39.0 Å². The van der Waals surface area contributed by atoms with Crippen LogP contribution in [0.3, 0.4) is 0 Å². The summed E-state index contributed by atoms with van der Waals surface area (Å²) in [4.78, 5) is 14.2. The highest BCUT2D eigenvalue weighted by atomic mass is 19.3. The molecule has 5 nitrogen and oxygen atoms in total. The van der Waals surface area contributed by atoms with Crippen LogP contribution in [0.2, 0.25) is 0 Å². The monoisotopic (exact) mass is 342 g/mol. The van der Waals surface area contributed by atoms with Crippen LogP contribution in [-0.4, -0.2) is 37.4 Å². The summed E-state index contributed by atoms with van der Waals surface area (Å²) < 4.78 is 35.5. The number of alkyl halides is 2. The first-order valence-corrected chi connectivity index (χ1v) is 8.05. The molecule has 24 heavy (non-hydrogen) atoms. The maximum atomic E-state index is 12.7. The van der Waals surface area contributed by atoms with Crippen LogP contribution in [0.15, 0.2) is 24.3 Å². The number of piperidine rings is 1. The summed E-state index contributed by atoms with van der Waals surface area (Å²) in [6.07, 6.45) is 0.865. The number of halogens is 2. The van der Waals surface area contributed by atoms with Crippen LogP contribution in [0.5, 0.6) is 5.75 Å². The van der Waals surface area contributed by atoms with Crippen molar-refractivity contribution in [3.63, 3.8) is 0 Å². The molecule has 2 rings (SSSR count). The normalized spacial score (nSPS) is 16.1. The summed E-state index contributed by atoms with van der Waals surface area (Å²) in [6.45, 7) is 3.86. The molecule has 0 bridgehead atoms. The molecular weight excluding hydrogens is 318 g/mol. The Balaban J connectivity index is 2.36. The van der Waals surface area contributed by atoms with Gasteiger partial charge in [-0.2, -0.15) is 8.78 Å². The zero-order valence-corrected chi connectivity index (χ0v) is 14.2. The van der Waals surface area contributed by atoms with Crippen LogP contribution in [0.25, 0.3) is 0 Å². The highest BCUT2D eigenvalue weighted by molar-refractivity contribution is 5.90. The lowest BCUT2D eigenvalue weighted by Crippen LogP contribution is -2.48. The molecule has 1 aromatic carbocycles. The number of ether oxygens (including phenoxy) is 2. The van der Waals surface area contributed by atoms with E-state index in [0.29, 0.717) is 18.5 Å². The standard InChI is InChI=1S/C17H24F2N2O3/c1-17(2,3)24-16(22)21(12-8-10-20-11-9-12)13-6-4-5-7-14(13)23-15(18)19/h4-7,12,15,20H,8-11H2,1-3H3. The predicted octanol–water partition coefficient (Wildman–Crippen LogP) is 3.78. The molecule has 1 aliphatic heterocycles. The highest BCUT2D eigenvalue weighted by Crippen LogP contribution is 2.33. The number of carbonyl (C=O) groups is 1. The Morgan fingerprint density at radius 3 is 2.46 bits per heavy atom. The fourth-order valence-electron chi connectivity index (χ4n) is 2.67. The lowest BCUT2D eigenvalue weighted by molar-refractivity contribution is -0.0496. The molecule has 0 spiro atoms. The molecule has 1 aromatic rings. The van der Waals surface area contributed by atoms with Gasteiger partial charge in [0.2, 0.25) is 0 Å². The Bertz CT molecular complexity index is 555. The van der Waals surface area contributed by atoms with Crippen molar-refractivity contribution in [2.45, 2.75) is 51.9 Å². The van der Waals surface area contributed by atoms with Crippen molar-refractivity contribution < 1.29 is 23.0 Å². The lowest BCUT2D eigenvalue weighted by atomic mass is 10.0. The first-order valence-electron chi connectivity index (χ1n) is 8.05. The van der Waals surface area contributed by atoms with Gasteiger partial charge in [0, 0.05) is 6.04 Å². The Hall–Kier alpha value is -1.89. The van der Waals surface area contributed by atoms with Crippen LogP contribution < -0.4 is 15.0 Å². The van der Waals surface area contributed by atoms with E-state index in [1.807, 2.05) is 0 Å². The van der Waals surface area contributed by atoms with E-state index < -0.39 is 18.3 Å². The highest BCUT2D eigenvalue weighted by Gasteiger charge is 2.32. The molecule has 0 unspecified atom stereocenters. The van der Waals surface area contributed by atoms with Crippen molar-refractivity contribution in [1.29, 1.82) is 0 Å². The van der Waals surface area contributed by atoms with E-state index in [4.69, 9.17) is 4.74 Å². The zero-order chi connectivity index (χ0) is 17.7. The Labute approximate surface area is 140 Å². The third kappa shape index (κ3) is 5.06. The van der Waals surface area contributed by atoms with Gasteiger partial charge in [0.25, 0.3) is 0 Å². The Kier molecular flexibility index (Phi) is 5.99. The maximum absolute atomic E-state index is 12.7. The fourth-order valence-corrected chi connectivity index (χ4v) is 2.67. The first-order chi connectivity index (χ1) is 11.3. The van der Waals surface area contributed by atoms with Gasteiger partial charge in [0.15, 0.2) is 0 Å². The topological polar surface area (TPSA) is 50.8 Å². The average Bonchev–Trinajstić information content (AvgIpc) is 2.48. The van der Waals surface area contributed by atoms with Gasteiger partial charge in [-0.1, -0.05) is 12.1 Å². The van der Waals surface area contributed by atoms with Crippen LogP contribution in [0, 0.1) is 0 Å². The van der Waals surface area contributed by atoms with Gasteiger partial charge in [0.05, 0.1) is 5.69 Å². The minimum Gasteiger partial charge on any atom is -0.443 e. The number of nitrogens with zero attached hydrogens (tertiary/aromatic N) is 1. The molecule has 134 valence electrons. The van der Waals surface area contributed by atoms with Crippen molar-refractivity contribution >= 4 is 11.8 Å². The number of hydrogen-bond acceptors (Lipinski definition) is 4. The maximum Gasteiger partial charge on any atom is 0.415 e. The summed E-state index contributed by atoms with van der Waals surface area (Å²) in [6, 6.07) is 6.18. The van der Waals surface area contributed by atoms with Crippen molar-refractivity contribution in [2.75, 3.05) is 18.0 Å². The van der Waals surface area contributed by atoms with Crippen molar-refractivity contribution in [2.24, 2.45) is 0 Å². The average molecular weight is 342 g/mol. The minimum atomic E-state index is -2.96. The Morgan fingerprint density at radius 1 is 1.25 bits per heavy atom.